The molecule has 6 rings (SSSR count). The predicted molar refractivity (Wildman–Crippen MR) is 133 cm³/mol. The maximum absolute atomic E-state index is 4.71. The van der Waals surface area contributed by atoms with Crippen molar-refractivity contribution in [2.24, 2.45) is 0 Å². The molecule has 0 spiro atoms. The van der Waals surface area contributed by atoms with E-state index >= 15 is 0 Å². The van der Waals surface area contributed by atoms with Crippen LogP contribution in [0.1, 0.15) is 12.8 Å². The minimum atomic E-state index is 0.945. The van der Waals surface area contributed by atoms with E-state index in [1.165, 1.54) is 31.0 Å². The van der Waals surface area contributed by atoms with Crippen LogP contribution in [0, 0.1) is 0 Å². The molecule has 2 aromatic heterocycles. The summed E-state index contributed by atoms with van der Waals surface area (Å²) in [5, 5.41) is 0. The highest BCUT2D eigenvalue weighted by molar-refractivity contribution is 8.00. The number of pyridine rings is 2. The Bertz CT molecular complexity index is 1090. The van der Waals surface area contributed by atoms with Gasteiger partial charge in [0.2, 0.25) is 0 Å². The van der Waals surface area contributed by atoms with Gasteiger partial charge in [-0.25, -0.2) is 9.97 Å². The molecule has 0 atom stereocenters. The minimum Gasteiger partial charge on any atom is -0.324 e. The second kappa shape index (κ2) is 8.52. The number of nitrogens with zero attached hydrogens (tertiary/aromatic N) is 4. The molecule has 0 radical (unpaired) electrons. The van der Waals surface area contributed by atoms with E-state index in [1.54, 1.807) is 0 Å². The van der Waals surface area contributed by atoms with Crippen LogP contribution >= 0.6 is 23.5 Å². The Morgan fingerprint density at radius 1 is 0.531 bits per heavy atom. The standard InChI is InChI=1S/C26H22N4S2/c1-3-11-21-19(9-1)29(25-23(31-21)13-7-15-27-25)17-5-6-18-30-20-10-2-4-12-22(20)32-24-14-8-16-28-26(24)30/h1-4,7-16H,5-6,17-18H2. The fraction of sp³-hybridized carbons (Fsp3) is 0.154. The number of anilines is 4. The largest absolute Gasteiger partial charge is 0.324 e. The highest BCUT2D eigenvalue weighted by Crippen LogP contribution is 2.48. The summed E-state index contributed by atoms with van der Waals surface area (Å²) in [4.78, 5) is 19.2. The van der Waals surface area contributed by atoms with Crippen molar-refractivity contribution in [3.63, 3.8) is 0 Å². The lowest BCUT2D eigenvalue weighted by Gasteiger charge is -2.33. The molecule has 0 bridgehead atoms. The average Bonchev–Trinajstić information content (AvgIpc) is 2.85. The van der Waals surface area contributed by atoms with Crippen LogP contribution in [0.5, 0.6) is 0 Å². The van der Waals surface area contributed by atoms with Crippen LogP contribution in [-0.2, 0) is 0 Å². The molecule has 0 N–H and O–H groups in total. The van der Waals surface area contributed by atoms with Crippen molar-refractivity contribution in [1.82, 2.24) is 9.97 Å². The van der Waals surface area contributed by atoms with Gasteiger partial charge in [0.15, 0.2) is 0 Å². The van der Waals surface area contributed by atoms with Gasteiger partial charge in [-0.15, -0.1) is 0 Å². The molecule has 4 aromatic rings. The van der Waals surface area contributed by atoms with Crippen molar-refractivity contribution >= 4 is 46.5 Å². The fourth-order valence-electron chi connectivity index (χ4n) is 4.32. The summed E-state index contributed by atoms with van der Waals surface area (Å²) < 4.78 is 0. The van der Waals surface area contributed by atoms with Crippen molar-refractivity contribution < 1.29 is 0 Å². The Balaban J connectivity index is 1.21. The molecule has 2 aromatic carbocycles. The zero-order chi connectivity index (χ0) is 21.3. The number of hydrogen-bond donors (Lipinski definition) is 0. The third-order valence-electron chi connectivity index (χ3n) is 5.78. The Hall–Kier alpha value is -2.96. The number of benzene rings is 2. The maximum Gasteiger partial charge on any atom is 0.147 e. The molecule has 0 amide bonds. The van der Waals surface area contributed by atoms with Gasteiger partial charge < -0.3 is 9.80 Å². The maximum atomic E-state index is 4.71. The third kappa shape index (κ3) is 3.53. The Labute approximate surface area is 196 Å². The van der Waals surface area contributed by atoms with E-state index in [0.29, 0.717) is 0 Å². The van der Waals surface area contributed by atoms with Crippen LogP contribution in [0.15, 0.2) is 105 Å². The van der Waals surface area contributed by atoms with Gasteiger partial charge >= 0.3 is 0 Å². The highest BCUT2D eigenvalue weighted by atomic mass is 32.2. The SMILES string of the molecule is c1ccc2c(c1)Sc1cccnc1N2CCCCN1c2ccccc2Sc2cccnc21. The summed E-state index contributed by atoms with van der Waals surface area (Å²) in [6.45, 7) is 1.89. The van der Waals surface area contributed by atoms with Gasteiger partial charge in [0.1, 0.15) is 11.6 Å². The highest BCUT2D eigenvalue weighted by Gasteiger charge is 2.25. The molecule has 0 saturated heterocycles. The smallest absolute Gasteiger partial charge is 0.147 e. The first kappa shape index (κ1) is 19.7. The van der Waals surface area contributed by atoms with E-state index in [-0.39, 0.29) is 0 Å². The molecule has 4 heterocycles. The molecular weight excluding hydrogens is 432 g/mol. The number of unbranched alkanes of at least 4 members (excludes halogenated alkanes) is 1. The lowest BCUT2D eigenvalue weighted by molar-refractivity contribution is 0.713. The zero-order valence-electron chi connectivity index (χ0n) is 17.5. The van der Waals surface area contributed by atoms with Crippen LogP contribution in [0.2, 0.25) is 0 Å². The van der Waals surface area contributed by atoms with Gasteiger partial charge in [-0.2, -0.15) is 0 Å². The van der Waals surface area contributed by atoms with Crippen LogP contribution in [0.25, 0.3) is 0 Å². The number of hydrogen-bond acceptors (Lipinski definition) is 6. The topological polar surface area (TPSA) is 32.3 Å². The molecule has 6 heteroatoms. The third-order valence-corrected chi connectivity index (χ3v) is 7.99. The summed E-state index contributed by atoms with van der Waals surface area (Å²) in [5.74, 6) is 2.14. The van der Waals surface area contributed by atoms with E-state index < -0.39 is 0 Å². The van der Waals surface area contributed by atoms with Crippen molar-refractivity contribution in [3.05, 3.63) is 85.2 Å². The lowest BCUT2D eigenvalue weighted by Crippen LogP contribution is -2.26. The van der Waals surface area contributed by atoms with E-state index in [0.717, 1.165) is 37.6 Å². The molecule has 0 fully saturated rings. The van der Waals surface area contributed by atoms with Crippen LogP contribution < -0.4 is 9.80 Å². The van der Waals surface area contributed by atoms with Crippen LogP contribution in [0.4, 0.5) is 23.0 Å². The molecule has 2 aliphatic heterocycles. The van der Waals surface area contributed by atoms with E-state index in [1.807, 2.05) is 48.1 Å². The quantitative estimate of drug-likeness (QED) is 0.297. The molecule has 0 aliphatic carbocycles. The Kier molecular flexibility index (Phi) is 5.25. The van der Waals surface area contributed by atoms with Gasteiger partial charge in [0.05, 0.1) is 21.2 Å². The summed E-state index contributed by atoms with van der Waals surface area (Å²) in [7, 11) is 0. The van der Waals surface area contributed by atoms with E-state index in [9.17, 15) is 0 Å². The molecule has 0 unspecified atom stereocenters. The first-order valence-corrected chi connectivity index (χ1v) is 12.5. The zero-order valence-corrected chi connectivity index (χ0v) is 19.1. The average molecular weight is 455 g/mol. The van der Waals surface area contributed by atoms with Crippen molar-refractivity contribution in [2.45, 2.75) is 32.4 Å². The number of para-hydroxylation sites is 2. The van der Waals surface area contributed by atoms with E-state index in [4.69, 9.17) is 9.97 Å². The fourth-order valence-corrected chi connectivity index (χ4v) is 6.45. The summed E-state index contributed by atoms with van der Waals surface area (Å²) in [5.41, 5.74) is 2.52. The molecule has 32 heavy (non-hydrogen) atoms. The predicted octanol–water partition coefficient (Wildman–Crippen LogP) is 7.16. The van der Waals surface area contributed by atoms with Gasteiger partial charge in [0, 0.05) is 35.3 Å². The summed E-state index contributed by atoms with van der Waals surface area (Å²) in [6, 6.07) is 25.7. The van der Waals surface area contributed by atoms with E-state index in [2.05, 4.69) is 70.5 Å². The molecule has 158 valence electrons. The first-order valence-electron chi connectivity index (χ1n) is 10.9. The monoisotopic (exact) mass is 454 g/mol. The number of aromatic nitrogens is 2. The molecule has 0 saturated carbocycles. The second-order valence-electron chi connectivity index (χ2n) is 7.80. The van der Waals surface area contributed by atoms with Crippen molar-refractivity contribution in [1.29, 1.82) is 0 Å². The minimum absolute atomic E-state index is 0.945. The Morgan fingerprint density at radius 3 is 1.47 bits per heavy atom. The summed E-state index contributed by atoms with van der Waals surface area (Å²) >= 11 is 3.62. The van der Waals surface area contributed by atoms with Gasteiger partial charge in [-0.3, -0.25) is 0 Å². The number of rotatable bonds is 5. The van der Waals surface area contributed by atoms with Gasteiger partial charge in [-0.05, 0) is 61.4 Å². The van der Waals surface area contributed by atoms with Crippen molar-refractivity contribution in [2.75, 3.05) is 22.9 Å². The Morgan fingerprint density at radius 2 is 0.969 bits per heavy atom. The van der Waals surface area contributed by atoms with Crippen LogP contribution in [0.3, 0.4) is 0 Å². The lowest BCUT2D eigenvalue weighted by atomic mass is 10.2. The molecular formula is C26H22N4S2. The normalized spacial score (nSPS) is 13.8. The first-order chi connectivity index (χ1) is 15.9. The number of fused-ring (bicyclic) bond motifs is 4. The summed E-state index contributed by atoms with van der Waals surface area (Å²) in [6.07, 6.45) is 5.93. The van der Waals surface area contributed by atoms with Gasteiger partial charge in [0.25, 0.3) is 0 Å². The molecule has 4 nitrogen and oxygen atoms in total. The van der Waals surface area contributed by atoms with Crippen molar-refractivity contribution in [3.8, 4) is 0 Å². The van der Waals surface area contributed by atoms with Crippen LogP contribution in [-0.4, -0.2) is 23.1 Å². The van der Waals surface area contributed by atoms with Gasteiger partial charge in [-0.1, -0.05) is 47.8 Å². The second-order valence-corrected chi connectivity index (χ2v) is 9.97. The molecule has 2 aliphatic rings.